The van der Waals surface area contributed by atoms with Gasteiger partial charge in [-0.15, -0.1) is 0 Å². The molecule has 0 spiro atoms. The van der Waals surface area contributed by atoms with Crippen molar-refractivity contribution < 1.29 is 13.9 Å². The minimum Gasteiger partial charge on any atom is -0.455 e. The fourth-order valence-corrected chi connectivity index (χ4v) is 1.43. The maximum atomic E-state index is 11.7. The van der Waals surface area contributed by atoms with Gasteiger partial charge in [-0.05, 0) is 32.9 Å². The van der Waals surface area contributed by atoms with Crippen LogP contribution in [0.2, 0.25) is 0 Å². The molecular weight excluding hydrogens is 220 g/mol. The summed E-state index contributed by atoms with van der Waals surface area (Å²) in [6.07, 6.45) is 0. The summed E-state index contributed by atoms with van der Waals surface area (Å²) in [5.41, 5.74) is 5.02. The second-order valence-electron chi connectivity index (χ2n) is 4.35. The van der Waals surface area contributed by atoms with Crippen molar-refractivity contribution in [1.29, 1.82) is 0 Å². The van der Waals surface area contributed by atoms with Crippen LogP contribution in [-0.2, 0) is 11.3 Å². The van der Waals surface area contributed by atoms with E-state index >= 15 is 0 Å². The van der Waals surface area contributed by atoms with Gasteiger partial charge in [0, 0.05) is 13.2 Å². The summed E-state index contributed by atoms with van der Waals surface area (Å²) in [5.74, 6) is 0.620. The number of carbonyl (C=O) groups excluding carboxylic acids is 1. The minimum atomic E-state index is -0.381. The summed E-state index contributed by atoms with van der Waals surface area (Å²) in [6.45, 7) is 7.09. The average molecular weight is 240 g/mol. The molecule has 0 radical (unpaired) electrons. The number of nitrogens with one attached hydrogen (secondary N) is 1. The van der Waals surface area contributed by atoms with Crippen LogP contribution in [0.25, 0.3) is 0 Å². The number of amides is 1. The van der Waals surface area contributed by atoms with Gasteiger partial charge >= 0.3 is 0 Å². The zero-order valence-electron chi connectivity index (χ0n) is 10.6. The lowest BCUT2D eigenvalue weighted by Gasteiger charge is -2.24. The molecule has 0 aromatic carbocycles. The quantitative estimate of drug-likeness (QED) is 0.785. The van der Waals surface area contributed by atoms with Gasteiger partial charge in [-0.1, -0.05) is 0 Å². The van der Waals surface area contributed by atoms with Crippen LogP contribution in [0.15, 0.2) is 16.5 Å². The Balaban J connectivity index is 2.49. The third-order valence-electron chi connectivity index (χ3n) is 2.30. The van der Waals surface area contributed by atoms with E-state index in [0.717, 1.165) is 0 Å². The molecule has 5 nitrogen and oxygen atoms in total. The van der Waals surface area contributed by atoms with E-state index in [0.29, 0.717) is 18.9 Å². The van der Waals surface area contributed by atoms with Crippen molar-refractivity contribution in [3.63, 3.8) is 0 Å². The number of carbonyl (C=O) groups is 1. The van der Waals surface area contributed by atoms with Crippen molar-refractivity contribution in [2.45, 2.75) is 32.9 Å². The highest BCUT2D eigenvalue weighted by molar-refractivity contribution is 5.91. The molecule has 5 heteroatoms. The maximum absolute atomic E-state index is 11.7. The normalized spacial score (nSPS) is 11.5. The van der Waals surface area contributed by atoms with E-state index in [2.05, 4.69) is 5.32 Å². The van der Waals surface area contributed by atoms with Gasteiger partial charge in [-0.2, -0.15) is 0 Å². The zero-order valence-corrected chi connectivity index (χ0v) is 10.6. The lowest BCUT2D eigenvalue weighted by molar-refractivity contribution is -0.00831. The van der Waals surface area contributed by atoms with E-state index in [1.165, 1.54) is 0 Å². The van der Waals surface area contributed by atoms with Gasteiger partial charge in [0.25, 0.3) is 5.91 Å². The smallest absolute Gasteiger partial charge is 0.287 e. The molecule has 3 N–H and O–H groups in total. The predicted octanol–water partition coefficient (Wildman–Crippen LogP) is 1.28. The van der Waals surface area contributed by atoms with Crippen LogP contribution in [0.5, 0.6) is 0 Å². The largest absolute Gasteiger partial charge is 0.455 e. The molecule has 0 atom stereocenters. The van der Waals surface area contributed by atoms with Gasteiger partial charge in [0.05, 0.1) is 12.1 Å². The molecule has 1 aromatic rings. The Morgan fingerprint density at radius 1 is 1.53 bits per heavy atom. The van der Waals surface area contributed by atoms with E-state index in [-0.39, 0.29) is 23.8 Å². The highest BCUT2D eigenvalue weighted by Gasteiger charge is 2.20. The Kier molecular flexibility index (Phi) is 4.72. The Morgan fingerprint density at radius 3 is 2.76 bits per heavy atom. The SMILES string of the molecule is CCOC(C)(C)CNC(=O)c1ccc(CN)o1. The van der Waals surface area contributed by atoms with Gasteiger partial charge in [0.1, 0.15) is 5.76 Å². The molecule has 17 heavy (non-hydrogen) atoms. The molecular formula is C12H20N2O3. The highest BCUT2D eigenvalue weighted by atomic mass is 16.5. The van der Waals surface area contributed by atoms with Crippen molar-refractivity contribution in [2.75, 3.05) is 13.2 Å². The van der Waals surface area contributed by atoms with Gasteiger partial charge in [-0.25, -0.2) is 0 Å². The fraction of sp³-hybridized carbons (Fsp3) is 0.583. The molecule has 0 unspecified atom stereocenters. The van der Waals surface area contributed by atoms with Crippen molar-refractivity contribution in [3.05, 3.63) is 23.7 Å². The summed E-state index contributed by atoms with van der Waals surface area (Å²) in [4.78, 5) is 11.7. The molecule has 0 saturated carbocycles. The van der Waals surface area contributed by atoms with Crippen molar-refractivity contribution >= 4 is 5.91 Å². The lowest BCUT2D eigenvalue weighted by atomic mass is 10.1. The summed E-state index contributed by atoms with van der Waals surface area (Å²) in [5, 5.41) is 2.76. The Morgan fingerprint density at radius 2 is 2.24 bits per heavy atom. The van der Waals surface area contributed by atoms with Crippen LogP contribution in [0, 0.1) is 0 Å². The first kappa shape index (κ1) is 13.7. The van der Waals surface area contributed by atoms with Crippen molar-refractivity contribution in [2.24, 2.45) is 5.73 Å². The molecule has 1 amide bonds. The Hall–Kier alpha value is -1.33. The minimum absolute atomic E-state index is 0.252. The van der Waals surface area contributed by atoms with Crippen LogP contribution >= 0.6 is 0 Å². The standard InChI is InChI=1S/C12H20N2O3/c1-4-16-12(2,3)8-14-11(15)10-6-5-9(7-13)17-10/h5-6H,4,7-8,13H2,1-3H3,(H,14,15). The Bertz CT molecular complexity index is 372. The van der Waals surface area contributed by atoms with Crippen LogP contribution in [0.1, 0.15) is 37.1 Å². The first-order chi connectivity index (χ1) is 7.98. The number of hydrogen-bond donors (Lipinski definition) is 2. The van der Waals surface area contributed by atoms with Crippen LogP contribution in [-0.4, -0.2) is 24.7 Å². The summed E-state index contributed by atoms with van der Waals surface area (Å²) < 4.78 is 10.7. The third kappa shape index (κ3) is 4.20. The predicted molar refractivity (Wildman–Crippen MR) is 64.6 cm³/mol. The van der Waals surface area contributed by atoms with Crippen molar-refractivity contribution in [3.8, 4) is 0 Å². The van der Waals surface area contributed by atoms with Crippen LogP contribution in [0.3, 0.4) is 0 Å². The lowest BCUT2D eigenvalue weighted by Crippen LogP contribution is -2.40. The molecule has 0 aliphatic rings. The molecule has 96 valence electrons. The van der Waals surface area contributed by atoms with E-state index in [1.54, 1.807) is 12.1 Å². The van der Waals surface area contributed by atoms with E-state index in [9.17, 15) is 4.79 Å². The van der Waals surface area contributed by atoms with E-state index in [4.69, 9.17) is 14.9 Å². The second-order valence-corrected chi connectivity index (χ2v) is 4.35. The monoisotopic (exact) mass is 240 g/mol. The molecule has 0 saturated heterocycles. The molecule has 0 aliphatic carbocycles. The van der Waals surface area contributed by atoms with Gasteiger partial charge in [0.15, 0.2) is 5.76 Å². The summed E-state index contributed by atoms with van der Waals surface area (Å²) in [7, 11) is 0. The number of furan rings is 1. The van der Waals surface area contributed by atoms with Crippen molar-refractivity contribution in [1.82, 2.24) is 5.32 Å². The van der Waals surface area contributed by atoms with E-state index < -0.39 is 0 Å². The number of hydrogen-bond acceptors (Lipinski definition) is 4. The maximum Gasteiger partial charge on any atom is 0.287 e. The highest BCUT2D eigenvalue weighted by Crippen LogP contribution is 2.09. The Labute approximate surface area is 101 Å². The average Bonchev–Trinajstić information content (AvgIpc) is 2.74. The molecule has 0 fully saturated rings. The molecule has 1 heterocycles. The fourth-order valence-electron chi connectivity index (χ4n) is 1.43. The third-order valence-corrected chi connectivity index (χ3v) is 2.30. The molecule has 0 aliphatic heterocycles. The molecule has 1 aromatic heterocycles. The zero-order chi connectivity index (χ0) is 12.9. The summed E-state index contributed by atoms with van der Waals surface area (Å²) in [6, 6.07) is 3.31. The van der Waals surface area contributed by atoms with E-state index in [1.807, 2.05) is 20.8 Å². The first-order valence-electron chi connectivity index (χ1n) is 5.69. The molecule has 1 rings (SSSR count). The van der Waals surface area contributed by atoms with Crippen LogP contribution < -0.4 is 11.1 Å². The number of rotatable bonds is 6. The number of nitrogens with two attached hydrogens (primary N) is 1. The van der Waals surface area contributed by atoms with Crippen LogP contribution in [0.4, 0.5) is 0 Å². The molecule has 0 bridgehead atoms. The summed E-state index contributed by atoms with van der Waals surface area (Å²) >= 11 is 0. The number of ether oxygens (including phenoxy) is 1. The first-order valence-corrected chi connectivity index (χ1v) is 5.69. The van der Waals surface area contributed by atoms with Gasteiger partial charge in [-0.3, -0.25) is 4.79 Å². The van der Waals surface area contributed by atoms with Gasteiger partial charge < -0.3 is 20.2 Å². The topological polar surface area (TPSA) is 77.5 Å². The second kappa shape index (κ2) is 5.84. The van der Waals surface area contributed by atoms with Gasteiger partial charge in [0.2, 0.25) is 0 Å².